The molecule has 0 aliphatic carbocycles. The van der Waals surface area contributed by atoms with Crippen LogP contribution in [-0.2, 0) is 9.59 Å². The molecule has 19 heavy (non-hydrogen) atoms. The van der Waals surface area contributed by atoms with Crippen LogP contribution in [-0.4, -0.2) is 35.6 Å². The molecule has 110 valence electrons. The highest BCUT2D eigenvalue weighted by Gasteiger charge is 2.35. The van der Waals surface area contributed by atoms with Gasteiger partial charge in [-0.2, -0.15) is 0 Å². The summed E-state index contributed by atoms with van der Waals surface area (Å²) in [6.07, 6.45) is 1.20. The zero-order valence-electron chi connectivity index (χ0n) is 11.7. The summed E-state index contributed by atoms with van der Waals surface area (Å²) in [5.41, 5.74) is 4.12. The quantitative estimate of drug-likeness (QED) is 0.512. The molecule has 0 saturated carbocycles. The minimum absolute atomic E-state index is 0.0103. The standard InChI is InChI=1S/C12H23N3O4/c1-4-8(9(13)16)15-11(19)14-7-12(5-2,6-3)10(17)18/h8H,4-7H2,1-3H3,(H2,13,16)(H,17,18)(H2,14,15,19)/t8-/m1/s1. The highest BCUT2D eigenvalue weighted by molar-refractivity contribution is 5.86. The molecule has 0 aromatic carbocycles. The van der Waals surface area contributed by atoms with Crippen molar-refractivity contribution in [1.82, 2.24) is 10.6 Å². The summed E-state index contributed by atoms with van der Waals surface area (Å²) in [7, 11) is 0. The number of carboxylic acids is 1. The van der Waals surface area contributed by atoms with E-state index in [1.165, 1.54) is 0 Å². The third-order valence-electron chi connectivity index (χ3n) is 3.45. The molecule has 0 radical (unpaired) electrons. The summed E-state index contributed by atoms with van der Waals surface area (Å²) in [5, 5.41) is 14.1. The topological polar surface area (TPSA) is 122 Å². The van der Waals surface area contributed by atoms with Crippen molar-refractivity contribution in [3.8, 4) is 0 Å². The predicted molar refractivity (Wildman–Crippen MR) is 70.5 cm³/mol. The fourth-order valence-electron chi connectivity index (χ4n) is 1.71. The van der Waals surface area contributed by atoms with Crippen molar-refractivity contribution in [3.63, 3.8) is 0 Å². The number of primary amides is 1. The van der Waals surface area contributed by atoms with Crippen molar-refractivity contribution in [2.45, 2.75) is 46.1 Å². The molecule has 1 atom stereocenters. The number of hydrogen-bond donors (Lipinski definition) is 4. The average Bonchev–Trinajstić information content (AvgIpc) is 2.37. The second-order valence-corrected chi connectivity index (χ2v) is 4.48. The van der Waals surface area contributed by atoms with Crippen molar-refractivity contribution < 1.29 is 19.5 Å². The lowest BCUT2D eigenvalue weighted by Crippen LogP contribution is -2.51. The Labute approximate surface area is 112 Å². The molecule has 0 aliphatic rings. The van der Waals surface area contributed by atoms with E-state index in [4.69, 9.17) is 5.73 Å². The molecule has 3 amide bonds. The van der Waals surface area contributed by atoms with Gasteiger partial charge in [-0.15, -0.1) is 0 Å². The molecule has 0 aromatic rings. The third-order valence-corrected chi connectivity index (χ3v) is 3.45. The van der Waals surface area contributed by atoms with Crippen molar-refractivity contribution in [2.24, 2.45) is 11.1 Å². The minimum Gasteiger partial charge on any atom is -0.481 e. The van der Waals surface area contributed by atoms with E-state index in [-0.39, 0.29) is 6.54 Å². The van der Waals surface area contributed by atoms with E-state index in [0.717, 1.165) is 0 Å². The summed E-state index contributed by atoms with van der Waals surface area (Å²) in [6, 6.07) is -1.33. The lowest BCUT2D eigenvalue weighted by atomic mass is 9.82. The zero-order chi connectivity index (χ0) is 15.1. The second kappa shape index (κ2) is 7.60. The summed E-state index contributed by atoms with van der Waals surface area (Å²) in [5.74, 6) is -1.56. The molecule has 0 bridgehead atoms. The maximum absolute atomic E-state index is 11.6. The molecule has 0 aliphatic heterocycles. The van der Waals surface area contributed by atoms with Crippen molar-refractivity contribution in [3.05, 3.63) is 0 Å². The molecule has 0 saturated heterocycles. The number of carbonyl (C=O) groups excluding carboxylic acids is 2. The Morgan fingerprint density at radius 1 is 1.21 bits per heavy atom. The van der Waals surface area contributed by atoms with Gasteiger partial charge in [0.2, 0.25) is 5.91 Å². The molecule has 0 aromatic heterocycles. The first-order valence-electron chi connectivity index (χ1n) is 6.40. The van der Waals surface area contributed by atoms with E-state index in [2.05, 4.69) is 10.6 Å². The number of nitrogens with one attached hydrogen (secondary N) is 2. The van der Waals surface area contributed by atoms with Crippen LogP contribution in [0.1, 0.15) is 40.0 Å². The molecule has 0 rings (SSSR count). The van der Waals surface area contributed by atoms with Crippen LogP contribution in [0, 0.1) is 5.41 Å². The van der Waals surface area contributed by atoms with E-state index < -0.39 is 29.4 Å². The van der Waals surface area contributed by atoms with Crippen LogP contribution in [0.2, 0.25) is 0 Å². The number of rotatable bonds is 8. The fourth-order valence-corrected chi connectivity index (χ4v) is 1.71. The summed E-state index contributed by atoms with van der Waals surface area (Å²) in [4.78, 5) is 33.8. The van der Waals surface area contributed by atoms with Crippen molar-refractivity contribution in [1.29, 1.82) is 0 Å². The highest BCUT2D eigenvalue weighted by Crippen LogP contribution is 2.25. The van der Waals surface area contributed by atoms with E-state index >= 15 is 0 Å². The van der Waals surface area contributed by atoms with Crippen LogP contribution in [0.4, 0.5) is 4.79 Å². The SMILES string of the molecule is CC[C@@H](NC(=O)NCC(CC)(CC)C(=O)O)C(N)=O. The number of carbonyl (C=O) groups is 3. The molecule has 0 spiro atoms. The van der Waals surface area contributed by atoms with Crippen LogP contribution >= 0.6 is 0 Å². The molecular formula is C12H23N3O4. The van der Waals surface area contributed by atoms with E-state index in [1.807, 2.05) is 0 Å². The van der Waals surface area contributed by atoms with Crippen molar-refractivity contribution in [2.75, 3.05) is 6.54 Å². The molecule has 0 unspecified atom stereocenters. The van der Waals surface area contributed by atoms with Gasteiger partial charge < -0.3 is 21.5 Å². The smallest absolute Gasteiger partial charge is 0.315 e. The number of nitrogens with two attached hydrogens (primary N) is 1. The van der Waals surface area contributed by atoms with E-state index in [0.29, 0.717) is 19.3 Å². The van der Waals surface area contributed by atoms with Crippen LogP contribution < -0.4 is 16.4 Å². The number of amides is 3. The van der Waals surface area contributed by atoms with Gasteiger partial charge in [0.15, 0.2) is 0 Å². The first-order valence-corrected chi connectivity index (χ1v) is 6.40. The monoisotopic (exact) mass is 273 g/mol. The number of carboxylic acid groups (broad SMARTS) is 1. The molecular weight excluding hydrogens is 250 g/mol. The van der Waals surface area contributed by atoms with Crippen molar-refractivity contribution >= 4 is 17.9 Å². The molecule has 7 heteroatoms. The van der Waals surface area contributed by atoms with Gasteiger partial charge in [0, 0.05) is 6.54 Å². The van der Waals surface area contributed by atoms with Gasteiger partial charge in [-0.1, -0.05) is 20.8 Å². The number of hydrogen-bond acceptors (Lipinski definition) is 3. The molecule has 0 heterocycles. The van der Waals surface area contributed by atoms with Gasteiger partial charge in [0.1, 0.15) is 6.04 Å². The Morgan fingerprint density at radius 3 is 2.05 bits per heavy atom. The van der Waals surface area contributed by atoms with E-state index in [1.54, 1.807) is 20.8 Å². The average molecular weight is 273 g/mol. The van der Waals surface area contributed by atoms with Gasteiger partial charge in [-0.3, -0.25) is 9.59 Å². The molecule has 7 nitrogen and oxygen atoms in total. The zero-order valence-corrected chi connectivity index (χ0v) is 11.7. The largest absolute Gasteiger partial charge is 0.481 e. The fraction of sp³-hybridized carbons (Fsp3) is 0.750. The van der Waals surface area contributed by atoms with Crippen LogP contribution in [0.3, 0.4) is 0 Å². The summed E-state index contributed by atoms with van der Waals surface area (Å²) in [6.45, 7) is 5.25. The normalized spacial score (nSPS) is 12.6. The van der Waals surface area contributed by atoms with Gasteiger partial charge in [-0.25, -0.2) is 4.79 Å². The maximum atomic E-state index is 11.6. The summed E-state index contributed by atoms with van der Waals surface area (Å²) < 4.78 is 0. The summed E-state index contributed by atoms with van der Waals surface area (Å²) >= 11 is 0. The van der Waals surface area contributed by atoms with Gasteiger partial charge in [0.25, 0.3) is 0 Å². The van der Waals surface area contributed by atoms with Gasteiger partial charge in [-0.05, 0) is 19.3 Å². The first-order chi connectivity index (χ1) is 8.82. The van der Waals surface area contributed by atoms with Crippen LogP contribution in [0.25, 0.3) is 0 Å². The maximum Gasteiger partial charge on any atom is 0.315 e. The second-order valence-electron chi connectivity index (χ2n) is 4.48. The first kappa shape index (κ1) is 17.2. The minimum atomic E-state index is -0.980. The van der Waals surface area contributed by atoms with E-state index in [9.17, 15) is 19.5 Å². The Hall–Kier alpha value is -1.79. The highest BCUT2D eigenvalue weighted by atomic mass is 16.4. The van der Waals surface area contributed by atoms with Crippen LogP contribution in [0.5, 0.6) is 0 Å². The van der Waals surface area contributed by atoms with Gasteiger partial charge in [0.05, 0.1) is 5.41 Å². The predicted octanol–water partition coefficient (Wildman–Crippen LogP) is 0.441. The van der Waals surface area contributed by atoms with Crippen LogP contribution in [0.15, 0.2) is 0 Å². The lowest BCUT2D eigenvalue weighted by molar-refractivity contribution is -0.149. The molecule has 0 fully saturated rings. The Balaban J connectivity index is 4.50. The number of urea groups is 1. The Kier molecular flexibility index (Phi) is 6.89. The lowest BCUT2D eigenvalue weighted by Gasteiger charge is -2.27. The Morgan fingerprint density at radius 2 is 1.74 bits per heavy atom. The number of aliphatic carboxylic acids is 1. The molecule has 5 N–H and O–H groups in total. The third kappa shape index (κ3) is 4.76. The Bertz CT molecular complexity index is 340. The van der Waals surface area contributed by atoms with Gasteiger partial charge >= 0.3 is 12.0 Å².